The Morgan fingerprint density at radius 3 is 2.38 bits per heavy atom. The number of amides is 2. The predicted molar refractivity (Wildman–Crippen MR) is 116 cm³/mol. The lowest BCUT2D eigenvalue weighted by atomic mass is 10.1. The Kier molecular flexibility index (Phi) is 6.75. The summed E-state index contributed by atoms with van der Waals surface area (Å²) >= 11 is 0. The Labute approximate surface area is 172 Å². The lowest BCUT2D eigenvalue weighted by molar-refractivity contribution is -0.115. The molecule has 2 aromatic carbocycles. The molecule has 0 saturated carbocycles. The van der Waals surface area contributed by atoms with Crippen molar-refractivity contribution in [1.29, 1.82) is 0 Å². The topological polar surface area (TPSA) is 70.7 Å². The molecule has 0 bridgehead atoms. The van der Waals surface area contributed by atoms with E-state index in [0.717, 1.165) is 42.9 Å². The molecule has 0 aromatic heterocycles. The normalized spacial score (nSPS) is 13.4. The second-order valence-electron chi connectivity index (χ2n) is 7.63. The van der Waals surface area contributed by atoms with Gasteiger partial charge < -0.3 is 20.3 Å². The molecule has 2 N–H and O–H groups in total. The standard InChI is InChI=1S/C23H29N3O3/c1-16(2)24-23(28)20-15-18(8-11-21(20)26-12-4-5-13-26)25-22(27)14-17-6-9-19(29-3)10-7-17/h6-11,15-16H,4-5,12-14H2,1-3H3,(H,24,28)(H,25,27). The first-order valence-corrected chi connectivity index (χ1v) is 10.1. The van der Waals surface area contributed by atoms with E-state index < -0.39 is 0 Å². The third-order valence-electron chi connectivity index (χ3n) is 4.92. The zero-order valence-corrected chi connectivity index (χ0v) is 17.3. The van der Waals surface area contributed by atoms with Crippen molar-refractivity contribution in [2.45, 2.75) is 39.2 Å². The van der Waals surface area contributed by atoms with Gasteiger partial charge >= 0.3 is 0 Å². The van der Waals surface area contributed by atoms with Crippen molar-refractivity contribution in [3.63, 3.8) is 0 Å². The Morgan fingerprint density at radius 1 is 1.07 bits per heavy atom. The number of rotatable bonds is 7. The van der Waals surface area contributed by atoms with Crippen LogP contribution in [0.1, 0.15) is 42.6 Å². The number of carbonyl (C=O) groups excluding carboxylic acids is 2. The SMILES string of the molecule is COc1ccc(CC(=O)Nc2ccc(N3CCCC3)c(C(=O)NC(C)C)c2)cc1. The van der Waals surface area contributed by atoms with Gasteiger partial charge in [-0.05, 0) is 62.6 Å². The van der Waals surface area contributed by atoms with Gasteiger partial charge in [-0.25, -0.2) is 0 Å². The molecule has 2 aromatic rings. The van der Waals surface area contributed by atoms with Gasteiger partial charge in [-0.3, -0.25) is 9.59 Å². The molecular formula is C23H29N3O3. The van der Waals surface area contributed by atoms with Crippen LogP contribution in [0.5, 0.6) is 5.75 Å². The Balaban J connectivity index is 1.75. The van der Waals surface area contributed by atoms with Gasteiger partial charge in [0.15, 0.2) is 0 Å². The molecule has 154 valence electrons. The van der Waals surface area contributed by atoms with Crippen molar-refractivity contribution < 1.29 is 14.3 Å². The van der Waals surface area contributed by atoms with E-state index in [0.29, 0.717) is 11.3 Å². The summed E-state index contributed by atoms with van der Waals surface area (Å²) in [7, 11) is 1.61. The van der Waals surface area contributed by atoms with Gasteiger partial charge in [0.2, 0.25) is 5.91 Å². The van der Waals surface area contributed by atoms with Gasteiger partial charge in [0.1, 0.15) is 5.75 Å². The molecule has 2 amide bonds. The van der Waals surface area contributed by atoms with Gasteiger partial charge in [0.05, 0.1) is 19.1 Å². The second kappa shape index (κ2) is 9.45. The van der Waals surface area contributed by atoms with Crippen LogP contribution < -0.4 is 20.3 Å². The minimum Gasteiger partial charge on any atom is -0.497 e. The minimum absolute atomic E-state index is 0.0437. The number of methoxy groups -OCH3 is 1. The van der Waals surface area contributed by atoms with Crippen LogP contribution in [0.4, 0.5) is 11.4 Å². The maximum Gasteiger partial charge on any atom is 0.253 e. The summed E-state index contributed by atoms with van der Waals surface area (Å²) in [5, 5.41) is 5.88. The minimum atomic E-state index is -0.126. The molecule has 0 aliphatic carbocycles. The van der Waals surface area contributed by atoms with Crippen LogP contribution in [0, 0.1) is 0 Å². The van der Waals surface area contributed by atoms with E-state index in [-0.39, 0.29) is 24.3 Å². The number of nitrogens with zero attached hydrogens (tertiary/aromatic N) is 1. The second-order valence-corrected chi connectivity index (χ2v) is 7.63. The fourth-order valence-electron chi connectivity index (χ4n) is 3.50. The van der Waals surface area contributed by atoms with Crippen LogP contribution in [0.25, 0.3) is 0 Å². The summed E-state index contributed by atoms with van der Waals surface area (Å²) in [5.74, 6) is 0.514. The van der Waals surface area contributed by atoms with Crippen LogP contribution in [-0.4, -0.2) is 38.1 Å². The lowest BCUT2D eigenvalue weighted by Crippen LogP contribution is -2.32. The molecule has 1 heterocycles. The van der Waals surface area contributed by atoms with Crippen LogP contribution in [0.3, 0.4) is 0 Å². The molecule has 6 nitrogen and oxygen atoms in total. The van der Waals surface area contributed by atoms with Gasteiger partial charge in [0.25, 0.3) is 5.91 Å². The third kappa shape index (κ3) is 5.50. The highest BCUT2D eigenvalue weighted by atomic mass is 16.5. The Morgan fingerprint density at radius 2 is 1.76 bits per heavy atom. The summed E-state index contributed by atoms with van der Waals surface area (Å²) < 4.78 is 5.14. The van der Waals surface area contributed by atoms with Crippen molar-refractivity contribution in [1.82, 2.24) is 5.32 Å². The van der Waals surface area contributed by atoms with Gasteiger partial charge in [-0.2, -0.15) is 0 Å². The van der Waals surface area contributed by atoms with E-state index in [4.69, 9.17) is 4.74 Å². The molecule has 29 heavy (non-hydrogen) atoms. The number of anilines is 2. The van der Waals surface area contributed by atoms with Crippen molar-refractivity contribution in [3.05, 3.63) is 53.6 Å². The fraction of sp³-hybridized carbons (Fsp3) is 0.391. The average molecular weight is 396 g/mol. The molecule has 1 aliphatic rings. The molecule has 3 rings (SSSR count). The molecule has 1 aliphatic heterocycles. The van der Waals surface area contributed by atoms with E-state index in [1.54, 1.807) is 13.2 Å². The number of carbonyl (C=O) groups is 2. The smallest absolute Gasteiger partial charge is 0.253 e. The average Bonchev–Trinajstić information content (AvgIpc) is 3.22. The van der Waals surface area contributed by atoms with E-state index >= 15 is 0 Å². The summed E-state index contributed by atoms with van der Waals surface area (Å²) in [5.41, 5.74) is 3.05. The Hall–Kier alpha value is -3.02. The first-order valence-electron chi connectivity index (χ1n) is 10.1. The molecule has 1 saturated heterocycles. The maximum absolute atomic E-state index is 12.8. The maximum atomic E-state index is 12.8. The van der Waals surface area contributed by atoms with E-state index in [2.05, 4.69) is 15.5 Å². The zero-order chi connectivity index (χ0) is 20.8. The zero-order valence-electron chi connectivity index (χ0n) is 17.3. The van der Waals surface area contributed by atoms with E-state index in [1.807, 2.05) is 50.2 Å². The number of benzene rings is 2. The molecule has 0 spiro atoms. The molecule has 0 atom stereocenters. The number of ether oxygens (including phenoxy) is 1. The van der Waals surface area contributed by atoms with Crippen molar-refractivity contribution in [2.24, 2.45) is 0 Å². The highest BCUT2D eigenvalue weighted by Gasteiger charge is 2.21. The molecule has 6 heteroatoms. The van der Waals surface area contributed by atoms with Crippen LogP contribution >= 0.6 is 0 Å². The summed E-state index contributed by atoms with van der Waals surface area (Å²) in [6.45, 7) is 5.78. The van der Waals surface area contributed by atoms with Crippen molar-refractivity contribution in [3.8, 4) is 5.75 Å². The van der Waals surface area contributed by atoms with Crippen LogP contribution in [0.2, 0.25) is 0 Å². The highest BCUT2D eigenvalue weighted by Crippen LogP contribution is 2.28. The van der Waals surface area contributed by atoms with Gasteiger partial charge in [0, 0.05) is 30.5 Å². The summed E-state index contributed by atoms with van der Waals surface area (Å²) in [6.07, 6.45) is 2.52. The first kappa shape index (κ1) is 20.7. The molecule has 0 unspecified atom stereocenters. The van der Waals surface area contributed by atoms with Crippen LogP contribution in [0.15, 0.2) is 42.5 Å². The van der Waals surface area contributed by atoms with Gasteiger partial charge in [-0.1, -0.05) is 12.1 Å². The lowest BCUT2D eigenvalue weighted by Gasteiger charge is -2.22. The first-order chi connectivity index (χ1) is 14.0. The van der Waals surface area contributed by atoms with Gasteiger partial charge in [-0.15, -0.1) is 0 Å². The number of hydrogen-bond donors (Lipinski definition) is 2. The number of nitrogens with one attached hydrogen (secondary N) is 2. The predicted octanol–water partition coefficient (Wildman–Crippen LogP) is 3.61. The quantitative estimate of drug-likeness (QED) is 0.751. The van der Waals surface area contributed by atoms with E-state index in [1.165, 1.54) is 0 Å². The largest absolute Gasteiger partial charge is 0.497 e. The third-order valence-corrected chi connectivity index (χ3v) is 4.92. The summed E-state index contributed by atoms with van der Waals surface area (Å²) in [4.78, 5) is 27.5. The molecular weight excluding hydrogens is 366 g/mol. The number of hydrogen-bond acceptors (Lipinski definition) is 4. The van der Waals surface area contributed by atoms with E-state index in [9.17, 15) is 9.59 Å². The highest BCUT2D eigenvalue weighted by molar-refractivity contribution is 6.02. The molecule has 1 fully saturated rings. The fourth-order valence-corrected chi connectivity index (χ4v) is 3.50. The molecule has 0 radical (unpaired) electrons. The summed E-state index contributed by atoms with van der Waals surface area (Å²) in [6, 6.07) is 13.0. The van der Waals surface area contributed by atoms with Crippen LogP contribution in [-0.2, 0) is 11.2 Å². The van der Waals surface area contributed by atoms with Crippen molar-refractivity contribution >= 4 is 23.2 Å². The Bertz CT molecular complexity index is 856. The monoisotopic (exact) mass is 395 g/mol. The van der Waals surface area contributed by atoms with Crippen molar-refractivity contribution in [2.75, 3.05) is 30.4 Å².